The highest BCUT2D eigenvalue weighted by molar-refractivity contribution is 5.54. The molecule has 1 aromatic carbocycles. The number of aromatic hydroxyl groups is 1. The smallest absolute Gasteiger partial charge is 0.122 e. The molecule has 1 aliphatic heterocycles. The Labute approximate surface area is 121 Å². The van der Waals surface area contributed by atoms with E-state index < -0.39 is 0 Å². The minimum Gasteiger partial charge on any atom is -0.508 e. The fraction of sp³-hybridized carbons (Fsp3) is 0.647. The first-order valence-electron chi connectivity index (χ1n) is 7.93. The molecule has 3 N–H and O–H groups in total. The predicted molar refractivity (Wildman–Crippen MR) is 83.1 cm³/mol. The summed E-state index contributed by atoms with van der Waals surface area (Å²) in [6.07, 6.45) is 8.31. The highest BCUT2D eigenvalue weighted by Crippen LogP contribution is 2.46. The van der Waals surface area contributed by atoms with E-state index in [0.29, 0.717) is 11.2 Å². The van der Waals surface area contributed by atoms with Gasteiger partial charge in [-0.1, -0.05) is 18.9 Å². The lowest BCUT2D eigenvalue weighted by Gasteiger charge is -2.40. The van der Waals surface area contributed by atoms with E-state index in [-0.39, 0.29) is 6.04 Å². The number of phenolic OH excluding ortho intramolecular Hbond substituents is 1. The van der Waals surface area contributed by atoms with E-state index in [2.05, 4.69) is 11.0 Å². The second-order valence-electron chi connectivity index (χ2n) is 6.73. The highest BCUT2D eigenvalue weighted by Gasteiger charge is 2.36. The average Bonchev–Trinajstić information content (AvgIpc) is 2.87. The largest absolute Gasteiger partial charge is 0.508 e. The minimum absolute atomic E-state index is 0.118. The summed E-state index contributed by atoms with van der Waals surface area (Å²) < 4.78 is 0. The van der Waals surface area contributed by atoms with Crippen molar-refractivity contribution in [3.63, 3.8) is 0 Å². The molecule has 20 heavy (non-hydrogen) atoms. The number of piperidine rings is 1. The third-order valence-electron chi connectivity index (χ3n) is 5.36. The Hall–Kier alpha value is -1.22. The summed E-state index contributed by atoms with van der Waals surface area (Å²) in [5.41, 5.74) is 8.46. The van der Waals surface area contributed by atoms with Crippen molar-refractivity contribution in [2.45, 2.75) is 51.5 Å². The standard InChI is InChI=1S/C17H26N2O/c1-13(18)15-5-4-14(12-16(15)20)19-10-8-17(9-11-19)6-2-3-7-17/h4-5,12-13,20H,2-3,6-11,18H2,1H3. The van der Waals surface area contributed by atoms with Gasteiger partial charge in [-0.05, 0) is 44.1 Å². The van der Waals surface area contributed by atoms with Crippen molar-refractivity contribution in [3.8, 4) is 5.75 Å². The quantitative estimate of drug-likeness (QED) is 0.866. The SMILES string of the molecule is CC(N)c1ccc(N2CCC3(CCCC3)CC2)cc1O. The second-order valence-corrected chi connectivity index (χ2v) is 6.73. The van der Waals surface area contributed by atoms with Gasteiger partial charge in [-0.2, -0.15) is 0 Å². The van der Waals surface area contributed by atoms with E-state index in [0.717, 1.165) is 24.3 Å². The first-order valence-corrected chi connectivity index (χ1v) is 7.93. The molecule has 3 nitrogen and oxygen atoms in total. The molecule has 1 unspecified atom stereocenters. The van der Waals surface area contributed by atoms with Gasteiger partial charge in [-0.15, -0.1) is 0 Å². The Bertz CT molecular complexity index is 468. The van der Waals surface area contributed by atoms with Crippen molar-refractivity contribution in [2.24, 2.45) is 11.1 Å². The van der Waals surface area contributed by atoms with Gasteiger partial charge in [0.2, 0.25) is 0 Å². The summed E-state index contributed by atoms with van der Waals surface area (Å²) in [4.78, 5) is 2.41. The summed E-state index contributed by atoms with van der Waals surface area (Å²) in [5.74, 6) is 0.332. The van der Waals surface area contributed by atoms with Gasteiger partial charge in [0.05, 0.1) is 0 Å². The zero-order valence-electron chi connectivity index (χ0n) is 12.4. The molecule has 0 bridgehead atoms. The summed E-state index contributed by atoms with van der Waals surface area (Å²) in [7, 11) is 0. The molecule has 1 spiro atoms. The van der Waals surface area contributed by atoms with Crippen molar-refractivity contribution in [1.82, 2.24) is 0 Å². The molecular weight excluding hydrogens is 248 g/mol. The van der Waals surface area contributed by atoms with Crippen LogP contribution in [-0.2, 0) is 0 Å². The van der Waals surface area contributed by atoms with Crippen LogP contribution in [-0.4, -0.2) is 18.2 Å². The van der Waals surface area contributed by atoms with Gasteiger partial charge in [0.15, 0.2) is 0 Å². The third kappa shape index (κ3) is 2.51. The molecule has 1 atom stereocenters. The molecule has 1 aliphatic carbocycles. The molecule has 0 aromatic heterocycles. The second kappa shape index (κ2) is 5.28. The molecule has 3 rings (SSSR count). The third-order valence-corrected chi connectivity index (χ3v) is 5.36. The number of benzene rings is 1. The fourth-order valence-electron chi connectivity index (χ4n) is 3.98. The summed E-state index contributed by atoms with van der Waals surface area (Å²) in [6.45, 7) is 4.15. The molecule has 1 saturated carbocycles. The van der Waals surface area contributed by atoms with Crippen LogP contribution in [0.2, 0.25) is 0 Å². The maximum atomic E-state index is 10.1. The van der Waals surface area contributed by atoms with Crippen LogP contribution in [0.3, 0.4) is 0 Å². The Morgan fingerprint density at radius 1 is 1.15 bits per heavy atom. The summed E-state index contributed by atoms with van der Waals surface area (Å²) in [6, 6.07) is 5.83. The molecule has 110 valence electrons. The van der Waals surface area contributed by atoms with Crippen molar-refractivity contribution < 1.29 is 5.11 Å². The molecule has 2 aliphatic rings. The predicted octanol–water partition coefficient (Wildman–Crippen LogP) is 3.57. The van der Waals surface area contributed by atoms with E-state index in [1.54, 1.807) is 0 Å². The van der Waals surface area contributed by atoms with Crippen molar-refractivity contribution in [1.29, 1.82) is 0 Å². The lowest BCUT2D eigenvalue weighted by molar-refractivity contribution is 0.226. The van der Waals surface area contributed by atoms with Crippen LogP contribution in [0.25, 0.3) is 0 Å². The Morgan fingerprint density at radius 2 is 1.80 bits per heavy atom. The monoisotopic (exact) mass is 274 g/mol. The number of rotatable bonds is 2. The van der Waals surface area contributed by atoms with Crippen LogP contribution in [0, 0.1) is 5.41 Å². The molecule has 1 aromatic rings. The number of nitrogens with two attached hydrogens (primary N) is 1. The van der Waals surface area contributed by atoms with Crippen molar-refractivity contribution in [3.05, 3.63) is 23.8 Å². The minimum atomic E-state index is -0.118. The van der Waals surface area contributed by atoms with Gasteiger partial charge >= 0.3 is 0 Å². The Balaban J connectivity index is 1.70. The molecule has 0 amide bonds. The molecule has 1 saturated heterocycles. The number of anilines is 1. The topological polar surface area (TPSA) is 49.5 Å². The van der Waals surface area contributed by atoms with Crippen LogP contribution in [0.15, 0.2) is 18.2 Å². The van der Waals surface area contributed by atoms with Gasteiger partial charge in [0, 0.05) is 36.4 Å². The molecule has 0 radical (unpaired) electrons. The highest BCUT2D eigenvalue weighted by atomic mass is 16.3. The van der Waals surface area contributed by atoms with Crippen LogP contribution in [0.5, 0.6) is 5.75 Å². The average molecular weight is 274 g/mol. The Morgan fingerprint density at radius 3 is 2.35 bits per heavy atom. The zero-order valence-corrected chi connectivity index (χ0v) is 12.4. The maximum absolute atomic E-state index is 10.1. The van der Waals surface area contributed by atoms with Gasteiger partial charge in [-0.3, -0.25) is 0 Å². The zero-order chi connectivity index (χ0) is 14.2. The summed E-state index contributed by atoms with van der Waals surface area (Å²) in [5, 5.41) is 10.1. The molecule has 1 heterocycles. The number of phenols is 1. The van der Waals surface area contributed by atoms with E-state index in [1.165, 1.54) is 38.5 Å². The lowest BCUT2D eigenvalue weighted by Crippen LogP contribution is -2.38. The first-order chi connectivity index (χ1) is 9.60. The van der Waals surface area contributed by atoms with Gasteiger partial charge in [0.25, 0.3) is 0 Å². The molecular formula is C17H26N2O. The molecule has 2 fully saturated rings. The number of nitrogens with zero attached hydrogens (tertiary/aromatic N) is 1. The van der Waals surface area contributed by atoms with Gasteiger partial charge in [-0.25, -0.2) is 0 Å². The Kier molecular flexibility index (Phi) is 3.63. The normalized spacial score (nSPS) is 23.2. The van der Waals surface area contributed by atoms with Crippen molar-refractivity contribution in [2.75, 3.05) is 18.0 Å². The fourth-order valence-corrected chi connectivity index (χ4v) is 3.98. The van der Waals surface area contributed by atoms with Gasteiger partial charge < -0.3 is 15.7 Å². The number of hydrogen-bond donors (Lipinski definition) is 2. The van der Waals surface area contributed by atoms with E-state index in [9.17, 15) is 5.11 Å². The van der Waals surface area contributed by atoms with Crippen LogP contribution >= 0.6 is 0 Å². The molecule has 3 heteroatoms. The van der Waals surface area contributed by atoms with Gasteiger partial charge in [0.1, 0.15) is 5.75 Å². The van der Waals surface area contributed by atoms with E-state index in [4.69, 9.17) is 5.73 Å². The number of hydrogen-bond acceptors (Lipinski definition) is 3. The first kappa shape index (κ1) is 13.7. The van der Waals surface area contributed by atoms with E-state index >= 15 is 0 Å². The van der Waals surface area contributed by atoms with E-state index in [1.807, 2.05) is 19.1 Å². The van der Waals surface area contributed by atoms with Crippen LogP contribution in [0.1, 0.15) is 57.1 Å². The lowest BCUT2D eigenvalue weighted by atomic mass is 9.77. The summed E-state index contributed by atoms with van der Waals surface area (Å²) >= 11 is 0. The van der Waals surface area contributed by atoms with Crippen LogP contribution < -0.4 is 10.6 Å². The van der Waals surface area contributed by atoms with Crippen LogP contribution in [0.4, 0.5) is 5.69 Å². The maximum Gasteiger partial charge on any atom is 0.122 e. The van der Waals surface area contributed by atoms with Crippen molar-refractivity contribution >= 4 is 5.69 Å².